The van der Waals surface area contributed by atoms with Crippen molar-refractivity contribution in [2.75, 3.05) is 7.11 Å². The first kappa shape index (κ1) is 16.5. The van der Waals surface area contributed by atoms with E-state index in [9.17, 15) is 13.7 Å². The Kier molecular flexibility index (Phi) is 5.13. The molecule has 0 bridgehead atoms. The van der Waals surface area contributed by atoms with Crippen molar-refractivity contribution in [2.45, 2.75) is 25.5 Å². The molecule has 0 amide bonds. The maximum absolute atomic E-state index is 13.9. The monoisotopic (exact) mass is 301 g/mol. The summed E-state index contributed by atoms with van der Waals surface area (Å²) in [6.07, 6.45) is 0. The van der Waals surface area contributed by atoms with E-state index < -0.39 is 33.6 Å². The average molecular weight is 301 g/mol. The molecule has 0 saturated heterocycles. The second-order valence-corrected chi connectivity index (χ2v) is 6.86. The molecule has 0 aliphatic carbocycles. The molecule has 0 radical (unpaired) electrons. The van der Waals surface area contributed by atoms with Crippen molar-refractivity contribution >= 4 is 23.0 Å². The van der Waals surface area contributed by atoms with Gasteiger partial charge < -0.3 is 14.4 Å². The Morgan fingerprint density at radius 2 is 2.05 bits per heavy atom. The van der Waals surface area contributed by atoms with E-state index in [0.717, 1.165) is 6.07 Å². The first-order valence-corrected chi connectivity index (χ1v) is 6.85. The number of carbonyl (C=O) groups is 1. The fourth-order valence-corrected chi connectivity index (χ4v) is 1.85. The van der Waals surface area contributed by atoms with Crippen molar-refractivity contribution in [3.63, 3.8) is 0 Å². The van der Waals surface area contributed by atoms with Gasteiger partial charge in [-0.2, -0.15) is 0 Å². The number of rotatable bonds is 4. The van der Waals surface area contributed by atoms with E-state index in [4.69, 9.17) is 9.84 Å². The van der Waals surface area contributed by atoms with E-state index in [1.165, 1.54) is 19.2 Å². The van der Waals surface area contributed by atoms with Crippen LogP contribution in [0, 0.1) is 5.82 Å². The highest BCUT2D eigenvalue weighted by molar-refractivity contribution is 7.91. The highest BCUT2D eigenvalue weighted by Gasteiger charge is 2.30. The number of carboxylic acid groups (broad SMARTS) is 1. The topological polar surface area (TPSA) is 82.0 Å². The van der Waals surface area contributed by atoms with Crippen LogP contribution in [-0.4, -0.2) is 33.2 Å². The predicted octanol–water partition coefficient (Wildman–Crippen LogP) is 2.17. The van der Waals surface area contributed by atoms with Crippen LogP contribution in [-0.2, 0) is 16.2 Å². The minimum atomic E-state index is -1.79. The Bertz CT molecular complexity index is 540. The lowest BCUT2D eigenvalue weighted by atomic mass is 10.1. The van der Waals surface area contributed by atoms with E-state index in [0.29, 0.717) is 0 Å². The number of hydrogen-bond donors (Lipinski definition) is 1. The minimum absolute atomic E-state index is 0.226. The highest BCUT2D eigenvalue weighted by Crippen LogP contribution is 2.21. The molecule has 0 aliphatic heterocycles. The zero-order chi connectivity index (χ0) is 15.5. The molecule has 20 heavy (non-hydrogen) atoms. The van der Waals surface area contributed by atoms with Crippen molar-refractivity contribution < 1.29 is 23.6 Å². The highest BCUT2D eigenvalue weighted by atomic mass is 32.2. The Hall–Kier alpha value is -1.60. The molecule has 1 N–H and O–H groups in total. The lowest BCUT2D eigenvalue weighted by molar-refractivity contribution is -0.129. The van der Waals surface area contributed by atoms with Crippen molar-refractivity contribution in [3.05, 3.63) is 29.6 Å². The summed E-state index contributed by atoms with van der Waals surface area (Å²) < 4.78 is 33.5. The standard InChI is InChI=1S/C13H16FNO4S/c1-13(2,3)20(18)15-11(12(16)17)9-6-5-8(19-4)7-10(9)14/h5-7H,1-4H3,(H,16,17). The number of carboxylic acids is 1. The summed E-state index contributed by atoms with van der Waals surface area (Å²) in [4.78, 5) is 11.2. The first-order chi connectivity index (χ1) is 9.16. The number of nitrogens with zero attached hydrogens (tertiary/aromatic N) is 1. The molecular formula is C13H16FNO4S. The molecule has 1 atom stereocenters. The molecule has 110 valence electrons. The van der Waals surface area contributed by atoms with Gasteiger partial charge in [-0.3, -0.25) is 0 Å². The quantitative estimate of drug-likeness (QED) is 0.682. The summed E-state index contributed by atoms with van der Waals surface area (Å²) in [7, 11) is 1.37. The Labute approximate surface area is 119 Å². The maximum Gasteiger partial charge on any atom is 0.359 e. The van der Waals surface area contributed by atoms with Gasteiger partial charge in [0, 0.05) is 11.6 Å². The third-order valence-corrected chi connectivity index (χ3v) is 3.73. The van der Waals surface area contributed by atoms with Gasteiger partial charge in [-0.15, -0.1) is 0 Å². The number of halogens is 1. The van der Waals surface area contributed by atoms with Gasteiger partial charge in [0.15, 0.2) is 0 Å². The van der Waals surface area contributed by atoms with Gasteiger partial charge in [-0.1, -0.05) is 4.40 Å². The zero-order valence-electron chi connectivity index (χ0n) is 11.6. The van der Waals surface area contributed by atoms with Crippen molar-refractivity contribution in [2.24, 2.45) is 4.40 Å². The molecule has 7 heteroatoms. The molecular weight excluding hydrogens is 285 g/mol. The zero-order valence-corrected chi connectivity index (χ0v) is 12.5. The molecule has 5 nitrogen and oxygen atoms in total. The smallest absolute Gasteiger partial charge is 0.359 e. The van der Waals surface area contributed by atoms with E-state index in [1.807, 2.05) is 0 Å². The van der Waals surface area contributed by atoms with Gasteiger partial charge in [-0.05, 0) is 32.9 Å². The molecule has 1 unspecified atom stereocenters. The Morgan fingerprint density at radius 1 is 1.45 bits per heavy atom. The number of aliphatic carboxylic acids is 1. The summed E-state index contributed by atoms with van der Waals surface area (Å²) in [5, 5.41) is 9.13. The minimum Gasteiger partial charge on any atom is -0.591 e. The predicted molar refractivity (Wildman–Crippen MR) is 75.0 cm³/mol. The Morgan fingerprint density at radius 3 is 2.45 bits per heavy atom. The number of benzene rings is 1. The van der Waals surface area contributed by atoms with Crippen LogP contribution in [0.3, 0.4) is 0 Å². The van der Waals surface area contributed by atoms with E-state index in [2.05, 4.69) is 4.40 Å². The van der Waals surface area contributed by atoms with Gasteiger partial charge in [-0.25, -0.2) is 9.18 Å². The third-order valence-electron chi connectivity index (χ3n) is 2.33. The fraction of sp³-hybridized carbons (Fsp3) is 0.385. The second-order valence-electron chi connectivity index (χ2n) is 4.95. The van der Waals surface area contributed by atoms with Gasteiger partial charge in [0.25, 0.3) is 0 Å². The van der Waals surface area contributed by atoms with Crippen LogP contribution < -0.4 is 4.74 Å². The van der Waals surface area contributed by atoms with Crippen LogP contribution >= 0.6 is 0 Å². The lowest BCUT2D eigenvalue weighted by Gasteiger charge is -2.18. The van der Waals surface area contributed by atoms with Gasteiger partial charge in [0.1, 0.15) is 27.7 Å². The van der Waals surface area contributed by atoms with Crippen LogP contribution in [0.1, 0.15) is 26.3 Å². The van der Waals surface area contributed by atoms with Gasteiger partial charge in [0.05, 0.1) is 7.11 Å². The lowest BCUT2D eigenvalue weighted by Crippen LogP contribution is -2.29. The average Bonchev–Trinajstić information content (AvgIpc) is 2.34. The molecule has 1 aromatic carbocycles. The summed E-state index contributed by atoms with van der Waals surface area (Å²) in [5.74, 6) is -1.98. The van der Waals surface area contributed by atoms with Crippen LogP contribution in [0.25, 0.3) is 0 Å². The molecule has 0 heterocycles. The molecule has 0 saturated carbocycles. The molecule has 0 aromatic heterocycles. The van der Waals surface area contributed by atoms with Crippen LogP contribution in [0.5, 0.6) is 5.75 Å². The van der Waals surface area contributed by atoms with E-state index >= 15 is 0 Å². The van der Waals surface area contributed by atoms with Crippen LogP contribution in [0.4, 0.5) is 4.39 Å². The van der Waals surface area contributed by atoms with E-state index in [1.54, 1.807) is 20.8 Å². The van der Waals surface area contributed by atoms with E-state index in [-0.39, 0.29) is 11.3 Å². The second kappa shape index (κ2) is 6.23. The van der Waals surface area contributed by atoms with Crippen LogP contribution in [0.15, 0.2) is 22.6 Å². The summed E-state index contributed by atoms with van der Waals surface area (Å²) in [6, 6.07) is 3.70. The third kappa shape index (κ3) is 3.94. The van der Waals surface area contributed by atoms with Gasteiger partial charge >= 0.3 is 5.97 Å². The fourth-order valence-electron chi connectivity index (χ4n) is 1.24. The molecule has 0 spiro atoms. The van der Waals surface area contributed by atoms with Crippen molar-refractivity contribution in [3.8, 4) is 5.75 Å². The number of hydrogen-bond acceptors (Lipinski definition) is 4. The largest absolute Gasteiger partial charge is 0.591 e. The number of methoxy groups -OCH3 is 1. The molecule has 0 aliphatic rings. The normalized spacial score (nSPS) is 14.0. The molecule has 0 fully saturated rings. The number of ether oxygens (including phenoxy) is 1. The maximum atomic E-state index is 13.9. The summed E-state index contributed by atoms with van der Waals surface area (Å²) in [6.45, 7) is 4.95. The van der Waals surface area contributed by atoms with Crippen molar-refractivity contribution in [1.82, 2.24) is 0 Å². The molecule has 1 aromatic rings. The molecule has 1 rings (SSSR count). The summed E-state index contributed by atoms with van der Waals surface area (Å²) >= 11 is -1.79. The Balaban J connectivity index is 3.29. The summed E-state index contributed by atoms with van der Waals surface area (Å²) in [5.41, 5.74) is -0.797. The van der Waals surface area contributed by atoms with Gasteiger partial charge in [0.2, 0.25) is 5.71 Å². The SMILES string of the molecule is COc1ccc(C(=N[S+]([O-])C(C)(C)C)C(=O)O)c(F)c1. The van der Waals surface area contributed by atoms with Crippen LogP contribution in [0.2, 0.25) is 0 Å². The van der Waals surface area contributed by atoms with Crippen molar-refractivity contribution in [1.29, 1.82) is 0 Å². The first-order valence-electron chi connectivity index (χ1n) is 5.74.